The highest BCUT2D eigenvalue weighted by Gasteiger charge is 2.22. The number of hydrogen-bond acceptors (Lipinski definition) is 1. The third-order valence-electron chi connectivity index (χ3n) is 1.99. The monoisotopic (exact) mass is 128 g/mol. The molecule has 1 unspecified atom stereocenters. The molecule has 9 heavy (non-hydrogen) atoms. The Hall–Kier alpha value is -0.300. The van der Waals surface area contributed by atoms with Crippen LogP contribution in [0.1, 0.15) is 20.8 Å². The maximum Gasteiger partial charge on any atom is 0.0850 e. The van der Waals surface area contributed by atoms with E-state index in [0.717, 1.165) is 0 Å². The van der Waals surface area contributed by atoms with E-state index in [1.54, 1.807) is 7.11 Å². The quantitative estimate of drug-likeness (QED) is 0.530. The van der Waals surface area contributed by atoms with E-state index < -0.39 is 0 Å². The number of hydrogen-bond donors (Lipinski definition) is 0. The zero-order valence-corrected chi connectivity index (χ0v) is 6.77. The van der Waals surface area contributed by atoms with Crippen LogP contribution in [0.4, 0.5) is 0 Å². The van der Waals surface area contributed by atoms with Crippen molar-refractivity contribution in [2.45, 2.75) is 26.4 Å². The summed E-state index contributed by atoms with van der Waals surface area (Å²) in [6.07, 6.45) is 1.84. The van der Waals surface area contributed by atoms with Crippen molar-refractivity contribution in [1.29, 1.82) is 0 Å². The SMILES string of the molecule is C=CC(C)(OC)C(C)C. The molecular formula is C8H16O. The Morgan fingerprint density at radius 2 is 2.00 bits per heavy atom. The highest BCUT2D eigenvalue weighted by molar-refractivity contribution is 4.95. The normalized spacial score (nSPS) is 17.4. The smallest absolute Gasteiger partial charge is 0.0850 e. The lowest BCUT2D eigenvalue weighted by Crippen LogP contribution is -2.30. The molecule has 1 heteroatoms. The van der Waals surface area contributed by atoms with E-state index in [-0.39, 0.29) is 5.60 Å². The van der Waals surface area contributed by atoms with E-state index in [2.05, 4.69) is 20.4 Å². The molecule has 0 N–H and O–H groups in total. The average molecular weight is 128 g/mol. The van der Waals surface area contributed by atoms with Crippen LogP contribution in [0.25, 0.3) is 0 Å². The predicted octanol–water partition coefficient (Wildman–Crippen LogP) is 2.23. The summed E-state index contributed by atoms with van der Waals surface area (Å²) < 4.78 is 5.23. The maximum atomic E-state index is 5.23. The molecule has 0 saturated carbocycles. The van der Waals surface area contributed by atoms with Crippen LogP contribution >= 0.6 is 0 Å². The summed E-state index contributed by atoms with van der Waals surface area (Å²) in [4.78, 5) is 0. The van der Waals surface area contributed by atoms with Crippen LogP contribution in [-0.2, 0) is 4.74 Å². The second kappa shape index (κ2) is 3.02. The Bertz CT molecular complexity index is 96.7. The van der Waals surface area contributed by atoms with Crippen LogP contribution < -0.4 is 0 Å². The van der Waals surface area contributed by atoms with Gasteiger partial charge in [0.05, 0.1) is 5.60 Å². The molecule has 0 fully saturated rings. The van der Waals surface area contributed by atoms with Crippen LogP contribution in [0.3, 0.4) is 0 Å². The molecule has 0 aliphatic carbocycles. The standard InChI is InChI=1S/C8H16O/c1-6-8(4,9-5)7(2)3/h6-7H,1H2,2-5H3. The molecule has 0 saturated heterocycles. The summed E-state index contributed by atoms with van der Waals surface area (Å²) in [5.41, 5.74) is -0.153. The van der Waals surface area contributed by atoms with E-state index in [1.807, 2.05) is 13.0 Å². The van der Waals surface area contributed by atoms with Gasteiger partial charge >= 0.3 is 0 Å². The molecule has 0 spiro atoms. The molecule has 0 radical (unpaired) electrons. The fourth-order valence-electron chi connectivity index (χ4n) is 0.555. The maximum absolute atomic E-state index is 5.23. The molecule has 0 aromatic heterocycles. The molecule has 0 rings (SSSR count). The summed E-state index contributed by atoms with van der Waals surface area (Å²) in [6, 6.07) is 0. The molecule has 0 bridgehead atoms. The van der Waals surface area contributed by atoms with Gasteiger partial charge in [-0.15, -0.1) is 6.58 Å². The second-order valence-corrected chi connectivity index (χ2v) is 2.75. The first-order chi connectivity index (χ1) is 4.06. The molecule has 0 aromatic rings. The Balaban J connectivity index is 4.08. The summed E-state index contributed by atoms with van der Waals surface area (Å²) in [7, 11) is 1.71. The van der Waals surface area contributed by atoms with Crippen LogP contribution in [0.15, 0.2) is 12.7 Å². The van der Waals surface area contributed by atoms with Gasteiger partial charge < -0.3 is 4.74 Å². The topological polar surface area (TPSA) is 9.23 Å². The molecule has 1 nitrogen and oxygen atoms in total. The second-order valence-electron chi connectivity index (χ2n) is 2.75. The summed E-state index contributed by atoms with van der Waals surface area (Å²) in [6.45, 7) is 9.96. The minimum absolute atomic E-state index is 0.153. The Morgan fingerprint density at radius 3 is 2.00 bits per heavy atom. The highest BCUT2D eigenvalue weighted by atomic mass is 16.5. The van der Waals surface area contributed by atoms with Crippen LogP contribution in [0.2, 0.25) is 0 Å². The van der Waals surface area contributed by atoms with Crippen molar-refractivity contribution in [3.63, 3.8) is 0 Å². The molecule has 0 amide bonds. The fraction of sp³-hybridized carbons (Fsp3) is 0.750. The van der Waals surface area contributed by atoms with Crippen molar-refractivity contribution in [3.8, 4) is 0 Å². The minimum atomic E-state index is -0.153. The van der Waals surface area contributed by atoms with Crippen LogP contribution in [-0.4, -0.2) is 12.7 Å². The van der Waals surface area contributed by atoms with Gasteiger partial charge in [0.15, 0.2) is 0 Å². The van der Waals surface area contributed by atoms with Crippen molar-refractivity contribution in [3.05, 3.63) is 12.7 Å². The molecule has 54 valence electrons. The zero-order chi connectivity index (χ0) is 7.49. The lowest BCUT2D eigenvalue weighted by atomic mass is 9.93. The van der Waals surface area contributed by atoms with Gasteiger partial charge in [-0.1, -0.05) is 19.9 Å². The van der Waals surface area contributed by atoms with E-state index in [0.29, 0.717) is 5.92 Å². The molecule has 1 atom stereocenters. The first-order valence-electron chi connectivity index (χ1n) is 3.25. The van der Waals surface area contributed by atoms with Gasteiger partial charge in [0.25, 0.3) is 0 Å². The molecular weight excluding hydrogens is 112 g/mol. The molecule has 0 aliphatic heterocycles. The van der Waals surface area contributed by atoms with Crippen LogP contribution in [0.5, 0.6) is 0 Å². The summed E-state index contributed by atoms with van der Waals surface area (Å²) in [5, 5.41) is 0. The lowest BCUT2D eigenvalue weighted by Gasteiger charge is -2.28. The van der Waals surface area contributed by atoms with E-state index >= 15 is 0 Å². The van der Waals surface area contributed by atoms with Gasteiger partial charge in [0, 0.05) is 7.11 Å². The third kappa shape index (κ3) is 1.83. The predicted molar refractivity (Wildman–Crippen MR) is 40.4 cm³/mol. The van der Waals surface area contributed by atoms with Gasteiger partial charge in [0.1, 0.15) is 0 Å². The van der Waals surface area contributed by atoms with Gasteiger partial charge in [0.2, 0.25) is 0 Å². The number of methoxy groups -OCH3 is 1. The fourth-order valence-corrected chi connectivity index (χ4v) is 0.555. The Labute approximate surface area is 57.7 Å². The summed E-state index contributed by atoms with van der Waals surface area (Å²) in [5.74, 6) is 0.486. The van der Waals surface area contributed by atoms with Gasteiger partial charge in [-0.3, -0.25) is 0 Å². The van der Waals surface area contributed by atoms with Crippen molar-refractivity contribution < 1.29 is 4.74 Å². The van der Waals surface area contributed by atoms with E-state index in [1.165, 1.54) is 0 Å². The minimum Gasteiger partial charge on any atom is -0.374 e. The number of ether oxygens (including phenoxy) is 1. The molecule has 0 aliphatic rings. The van der Waals surface area contributed by atoms with E-state index in [4.69, 9.17) is 4.74 Å². The first-order valence-corrected chi connectivity index (χ1v) is 3.25. The van der Waals surface area contributed by atoms with Crippen LogP contribution in [0, 0.1) is 5.92 Å². The highest BCUT2D eigenvalue weighted by Crippen LogP contribution is 2.20. The van der Waals surface area contributed by atoms with E-state index in [9.17, 15) is 0 Å². The largest absolute Gasteiger partial charge is 0.374 e. The zero-order valence-electron chi connectivity index (χ0n) is 6.77. The van der Waals surface area contributed by atoms with Gasteiger partial charge in [-0.05, 0) is 12.8 Å². The summed E-state index contributed by atoms with van der Waals surface area (Å²) >= 11 is 0. The third-order valence-corrected chi connectivity index (χ3v) is 1.99. The molecule has 0 aromatic carbocycles. The molecule has 0 heterocycles. The number of rotatable bonds is 3. The average Bonchev–Trinajstić information content (AvgIpc) is 1.86. The van der Waals surface area contributed by atoms with Crippen molar-refractivity contribution >= 4 is 0 Å². The Morgan fingerprint density at radius 1 is 1.56 bits per heavy atom. The van der Waals surface area contributed by atoms with Crippen molar-refractivity contribution in [1.82, 2.24) is 0 Å². The van der Waals surface area contributed by atoms with Crippen molar-refractivity contribution in [2.24, 2.45) is 5.92 Å². The Kier molecular flexibility index (Phi) is 2.92. The van der Waals surface area contributed by atoms with Crippen molar-refractivity contribution in [2.75, 3.05) is 7.11 Å². The van der Waals surface area contributed by atoms with Gasteiger partial charge in [-0.25, -0.2) is 0 Å². The first kappa shape index (κ1) is 8.70. The lowest BCUT2D eigenvalue weighted by molar-refractivity contribution is 0.0104. The van der Waals surface area contributed by atoms with Gasteiger partial charge in [-0.2, -0.15) is 0 Å².